The van der Waals surface area contributed by atoms with Crippen molar-refractivity contribution in [3.05, 3.63) is 52.8 Å². The smallest absolute Gasteiger partial charge is 0.257 e. The van der Waals surface area contributed by atoms with Gasteiger partial charge in [0.05, 0.1) is 16.6 Å². The summed E-state index contributed by atoms with van der Waals surface area (Å²) in [6.07, 6.45) is 3.22. The monoisotopic (exact) mass is 371 g/mol. The van der Waals surface area contributed by atoms with Crippen LogP contribution in [-0.2, 0) is 0 Å². The van der Waals surface area contributed by atoms with Crippen LogP contribution in [0.1, 0.15) is 28.9 Å². The van der Waals surface area contributed by atoms with Gasteiger partial charge < -0.3 is 14.2 Å². The van der Waals surface area contributed by atoms with E-state index < -0.39 is 0 Å². The van der Waals surface area contributed by atoms with Gasteiger partial charge in [-0.1, -0.05) is 16.8 Å². The molecular formula is C19H18ClN3O3. The number of pyridine rings is 1. The number of likely N-dealkylation sites (tertiary alicyclic amines) is 1. The first-order valence-electron chi connectivity index (χ1n) is 8.53. The van der Waals surface area contributed by atoms with E-state index in [4.69, 9.17) is 20.9 Å². The summed E-state index contributed by atoms with van der Waals surface area (Å²) in [6.45, 7) is 3.14. The molecule has 0 N–H and O–H groups in total. The summed E-state index contributed by atoms with van der Waals surface area (Å²) in [6, 6.07) is 9.15. The van der Waals surface area contributed by atoms with E-state index in [-0.39, 0.29) is 12.0 Å². The number of aromatic nitrogens is 2. The molecule has 134 valence electrons. The van der Waals surface area contributed by atoms with Crippen molar-refractivity contribution in [2.24, 2.45) is 0 Å². The molecule has 0 saturated carbocycles. The second kappa shape index (κ2) is 6.96. The number of hydrogen-bond donors (Lipinski definition) is 0. The van der Waals surface area contributed by atoms with Gasteiger partial charge in [-0.3, -0.25) is 4.79 Å². The predicted octanol–water partition coefficient (Wildman–Crippen LogP) is 3.87. The number of hydrogen-bond acceptors (Lipinski definition) is 5. The average molecular weight is 372 g/mol. The molecule has 1 aromatic carbocycles. The summed E-state index contributed by atoms with van der Waals surface area (Å²) in [5.74, 6) is 0.779. The van der Waals surface area contributed by atoms with E-state index in [1.807, 2.05) is 36.1 Å². The Hall–Kier alpha value is -2.60. The number of fused-ring (bicyclic) bond motifs is 1. The summed E-state index contributed by atoms with van der Waals surface area (Å²) in [5.41, 5.74) is 1.74. The highest BCUT2D eigenvalue weighted by molar-refractivity contribution is 6.30. The quantitative estimate of drug-likeness (QED) is 0.699. The Morgan fingerprint density at radius 2 is 2.00 bits per heavy atom. The normalized spacial score (nSPS) is 15.4. The lowest BCUT2D eigenvalue weighted by molar-refractivity contribution is 0.0595. The molecular weight excluding hydrogens is 354 g/mol. The van der Waals surface area contributed by atoms with Crippen LogP contribution in [0.5, 0.6) is 5.75 Å². The van der Waals surface area contributed by atoms with Gasteiger partial charge in [-0.25, -0.2) is 4.98 Å². The van der Waals surface area contributed by atoms with Gasteiger partial charge in [-0.15, -0.1) is 0 Å². The second-order valence-corrected chi connectivity index (χ2v) is 6.84. The third-order valence-corrected chi connectivity index (χ3v) is 4.85. The Balaban J connectivity index is 1.39. The van der Waals surface area contributed by atoms with Crippen molar-refractivity contribution in [3.63, 3.8) is 0 Å². The number of carbonyl (C=O) groups is 1. The standard InChI is InChI=1S/C19H18ClN3O3/c1-12-17-10-13(11-21-18(17)26-22-12)19(24)23-8-6-16(7-9-23)25-15-4-2-14(20)3-5-15/h2-5,10-11,16H,6-9H2,1H3. The lowest BCUT2D eigenvalue weighted by Gasteiger charge is -2.32. The predicted molar refractivity (Wildman–Crippen MR) is 97.5 cm³/mol. The highest BCUT2D eigenvalue weighted by Crippen LogP contribution is 2.23. The molecule has 3 aromatic rings. The summed E-state index contributed by atoms with van der Waals surface area (Å²) in [7, 11) is 0. The number of halogens is 1. The van der Waals surface area contributed by atoms with Gasteiger partial charge in [0.2, 0.25) is 0 Å². The van der Waals surface area contributed by atoms with Crippen molar-refractivity contribution < 1.29 is 14.1 Å². The molecule has 4 rings (SSSR count). The van der Waals surface area contributed by atoms with E-state index in [0.717, 1.165) is 29.7 Å². The summed E-state index contributed by atoms with van der Waals surface area (Å²) >= 11 is 5.89. The number of ether oxygens (including phenoxy) is 1. The molecule has 1 amide bonds. The summed E-state index contributed by atoms with van der Waals surface area (Å²) < 4.78 is 11.1. The maximum absolute atomic E-state index is 12.8. The number of aryl methyl sites for hydroxylation is 1. The largest absolute Gasteiger partial charge is 0.490 e. The van der Waals surface area contributed by atoms with E-state index in [0.29, 0.717) is 29.4 Å². The third-order valence-electron chi connectivity index (χ3n) is 4.60. The Kier molecular flexibility index (Phi) is 4.51. The first kappa shape index (κ1) is 16.8. The van der Waals surface area contributed by atoms with E-state index >= 15 is 0 Å². The van der Waals surface area contributed by atoms with Crippen LogP contribution in [0.4, 0.5) is 0 Å². The van der Waals surface area contributed by atoms with Crippen LogP contribution < -0.4 is 4.74 Å². The highest BCUT2D eigenvalue weighted by atomic mass is 35.5. The first-order chi connectivity index (χ1) is 12.6. The molecule has 6 nitrogen and oxygen atoms in total. The number of carbonyl (C=O) groups excluding carboxylic acids is 1. The molecule has 1 saturated heterocycles. The zero-order valence-corrected chi connectivity index (χ0v) is 15.1. The van der Waals surface area contributed by atoms with Crippen molar-refractivity contribution in [1.82, 2.24) is 15.0 Å². The molecule has 26 heavy (non-hydrogen) atoms. The summed E-state index contributed by atoms with van der Waals surface area (Å²) in [5, 5.41) is 5.34. The zero-order valence-electron chi connectivity index (χ0n) is 14.3. The average Bonchev–Trinajstić information content (AvgIpc) is 3.04. The zero-order chi connectivity index (χ0) is 18.1. The number of nitrogens with zero attached hydrogens (tertiary/aromatic N) is 3. The summed E-state index contributed by atoms with van der Waals surface area (Å²) in [4.78, 5) is 18.8. The number of benzene rings is 1. The van der Waals surface area contributed by atoms with Crippen molar-refractivity contribution in [3.8, 4) is 5.75 Å². The molecule has 0 spiro atoms. The van der Waals surface area contributed by atoms with Crippen LogP contribution in [0.25, 0.3) is 11.1 Å². The van der Waals surface area contributed by atoms with Gasteiger partial charge in [0, 0.05) is 37.2 Å². The molecule has 0 atom stereocenters. The molecule has 1 aliphatic rings. The van der Waals surface area contributed by atoms with Crippen molar-refractivity contribution >= 4 is 28.6 Å². The Morgan fingerprint density at radius 1 is 1.27 bits per heavy atom. The van der Waals surface area contributed by atoms with Crippen LogP contribution in [0.3, 0.4) is 0 Å². The fraction of sp³-hybridized carbons (Fsp3) is 0.316. The van der Waals surface area contributed by atoms with Gasteiger partial charge in [-0.2, -0.15) is 0 Å². The Labute approximate surface area is 155 Å². The van der Waals surface area contributed by atoms with Crippen LogP contribution >= 0.6 is 11.6 Å². The second-order valence-electron chi connectivity index (χ2n) is 6.41. The molecule has 1 aliphatic heterocycles. The van der Waals surface area contributed by atoms with Crippen LogP contribution in [0, 0.1) is 6.92 Å². The van der Waals surface area contributed by atoms with E-state index in [2.05, 4.69) is 10.1 Å². The van der Waals surface area contributed by atoms with Gasteiger partial charge in [0.15, 0.2) is 0 Å². The fourth-order valence-corrected chi connectivity index (χ4v) is 3.25. The van der Waals surface area contributed by atoms with E-state index in [9.17, 15) is 4.79 Å². The maximum Gasteiger partial charge on any atom is 0.257 e. The maximum atomic E-state index is 12.8. The lowest BCUT2D eigenvalue weighted by Crippen LogP contribution is -2.41. The molecule has 0 radical (unpaired) electrons. The molecule has 1 fully saturated rings. The molecule has 7 heteroatoms. The molecule has 0 bridgehead atoms. The molecule has 0 unspecified atom stereocenters. The van der Waals surface area contributed by atoms with Gasteiger partial charge in [-0.05, 0) is 37.3 Å². The van der Waals surface area contributed by atoms with Gasteiger partial charge in [0.25, 0.3) is 11.6 Å². The minimum atomic E-state index is -0.0232. The van der Waals surface area contributed by atoms with Crippen LogP contribution in [-0.4, -0.2) is 40.1 Å². The van der Waals surface area contributed by atoms with Crippen LogP contribution in [0.15, 0.2) is 41.1 Å². The van der Waals surface area contributed by atoms with Crippen molar-refractivity contribution in [2.45, 2.75) is 25.9 Å². The van der Waals surface area contributed by atoms with Crippen molar-refractivity contribution in [1.29, 1.82) is 0 Å². The molecule has 2 aromatic heterocycles. The Bertz CT molecular complexity index is 931. The molecule has 3 heterocycles. The van der Waals surface area contributed by atoms with E-state index in [1.165, 1.54) is 0 Å². The number of rotatable bonds is 3. The number of piperidine rings is 1. The lowest BCUT2D eigenvalue weighted by atomic mass is 10.1. The number of amides is 1. The minimum absolute atomic E-state index is 0.0232. The van der Waals surface area contributed by atoms with Gasteiger partial charge in [0.1, 0.15) is 11.9 Å². The Morgan fingerprint density at radius 3 is 2.73 bits per heavy atom. The SMILES string of the molecule is Cc1noc2ncc(C(=O)N3CCC(Oc4ccc(Cl)cc4)CC3)cc12. The van der Waals surface area contributed by atoms with Crippen LogP contribution in [0.2, 0.25) is 5.02 Å². The van der Waals surface area contributed by atoms with Crippen molar-refractivity contribution in [2.75, 3.05) is 13.1 Å². The minimum Gasteiger partial charge on any atom is -0.490 e. The molecule has 0 aliphatic carbocycles. The van der Waals surface area contributed by atoms with Gasteiger partial charge >= 0.3 is 0 Å². The first-order valence-corrected chi connectivity index (χ1v) is 8.91. The fourth-order valence-electron chi connectivity index (χ4n) is 3.13. The topological polar surface area (TPSA) is 68.5 Å². The van der Waals surface area contributed by atoms with E-state index in [1.54, 1.807) is 12.3 Å². The highest BCUT2D eigenvalue weighted by Gasteiger charge is 2.25. The third kappa shape index (κ3) is 3.37.